The van der Waals surface area contributed by atoms with Crippen molar-refractivity contribution >= 4 is 5.91 Å². The first-order valence-corrected chi connectivity index (χ1v) is 8.22. The zero-order valence-electron chi connectivity index (χ0n) is 14.8. The Bertz CT molecular complexity index is 452. The maximum atomic E-state index is 11.7. The lowest BCUT2D eigenvalue weighted by molar-refractivity contribution is -0.124. The van der Waals surface area contributed by atoms with E-state index >= 15 is 0 Å². The zero-order chi connectivity index (χ0) is 17.1. The zero-order valence-corrected chi connectivity index (χ0v) is 14.8. The van der Waals surface area contributed by atoms with E-state index in [9.17, 15) is 4.79 Å². The van der Waals surface area contributed by atoms with Crippen LogP contribution in [0.15, 0.2) is 24.3 Å². The fraction of sp³-hybridized carbons (Fsp3) is 0.611. The molecule has 0 bridgehead atoms. The van der Waals surface area contributed by atoms with E-state index in [2.05, 4.69) is 10.6 Å². The molecular weight excluding hydrogens is 292 g/mol. The fourth-order valence-corrected chi connectivity index (χ4v) is 1.98. The van der Waals surface area contributed by atoms with Gasteiger partial charge in [0.2, 0.25) is 0 Å². The second-order valence-electron chi connectivity index (χ2n) is 6.46. The summed E-state index contributed by atoms with van der Waals surface area (Å²) in [6, 6.07) is 7.79. The fourth-order valence-electron chi connectivity index (χ4n) is 1.98. The molecule has 1 amide bonds. The third-order valence-electron chi connectivity index (χ3n) is 2.98. The molecule has 23 heavy (non-hydrogen) atoms. The molecule has 0 fully saturated rings. The van der Waals surface area contributed by atoms with Crippen LogP contribution >= 0.6 is 0 Å². The van der Waals surface area contributed by atoms with E-state index in [1.54, 1.807) is 0 Å². The van der Waals surface area contributed by atoms with Crippen molar-refractivity contribution in [1.29, 1.82) is 0 Å². The van der Waals surface area contributed by atoms with Crippen LogP contribution in [0.25, 0.3) is 0 Å². The molecule has 2 N–H and O–H groups in total. The van der Waals surface area contributed by atoms with Crippen LogP contribution in [-0.2, 0) is 16.1 Å². The topological polar surface area (TPSA) is 59.6 Å². The Labute approximate surface area is 139 Å². The van der Waals surface area contributed by atoms with Crippen molar-refractivity contribution in [2.24, 2.45) is 0 Å². The number of carbonyl (C=O) groups is 1. The molecule has 0 aliphatic carbocycles. The van der Waals surface area contributed by atoms with Gasteiger partial charge in [0.1, 0.15) is 5.75 Å². The lowest BCUT2D eigenvalue weighted by atomic mass is 10.1. The molecule has 0 aliphatic heterocycles. The standard InChI is InChI=1S/C18H30N2O3/c1-5-22-12-6-11-19-13-15-7-9-16(10-8-15)23-14-17(21)20-18(2,3)4/h7-10,19H,5-6,11-14H2,1-4H3,(H,20,21). The minimum Gasteiger partial charge on any atom is -0.484 e. The van der Waals surface area contributed by atoms with Crippen LogP contribution in [0, 0.1) is 0 Å². The van der Waals surface area contributed by atoms with Crippen molar-refractivity contribution in [3.8, 4) is 5.75 Å². The maximum Gasteiger partial charge on any atom is 0.258 e. The molecule has 0 spiro atoms. The van der Waals surface area contributed by atoms with E-state index in [0.717, 1.165) is 32.7 Å². The van der Waals surface area contributed by atoms with Gasteiger partial charge in [0, 0.05) is 25.3 Å². The Balaban J connectivity index is 2.24. The number of carbonyl (C=O) groups excluding carboxylic acids is 1. The van der Waals surface area contributed by atoms with E-state index in [0.29, 0.717) is 5.75 Å². The van der Waals surface area contributed by atoms with Gasteiger partial charge in [0.25, 0.3) is 5.91 Å². The van der Waals surface area contributed by atoms with Gasteiger partial charge in [0.15, 0.2) is 6.61 Å². The smallest absolute Gasteiger partial charge is 0.258 e. The molecule has 0 saturated heterocycles. The Kier molecular flexibility index (Phi) is 8.66. The van der Waals surface area contributed by atoms with Crippen LogP contribution in [0.2, 0.25) is 0 Å². The van der Waals surface area contributed by atoms with Crippen LogP contribution in [0.1, 0.15) is 39.7 Å². The van der Waals surface area contributed by atoms with Crippen LogP contribution in [0.3, 0.4) is 0 Å². The normalized spacial score (nSPS) is 11.3. The molecule has 0 radical (unpaired) electrons. The maximum absolute atomic E-state index is 11.7. The average molecular weight is 322 g/mol. The van der Waals surface area contributed by atoms with Crippen molar-refractivity contribution in [3.05, 3.63) is 29.8 Å². The highest BCUT2D eigenvalue weighted by Gasteiger charge is 2.13. The summed E-state index contributed by atoms with van der Waals surface area (Å²) >= 11 is 0. The van der Waals surface area contributed by atoms with Gasteiger partial charge in [-0.15, -0.1) is 0 Å². The van der Waals surface area contributed by atoms with Gasteiger partial charge in [-0.25, -0.2) is 0 Å². The van der Waals surface area contributed by atoms with Gasteiger partial charge >= 0.3 is 0 Å². The number of hydrogen-bond donors (Lipinski definition) is 2. The highest BCUT2D eigenvalue weighted by molar-refractivity contribution is 5.78. The Hall–Kier alpha value is -1.59. The van der Waals surface area contributed by atoms with Gasteiger partial charge in [-0.05, 0) is 58.4 Å². The number of nitrogens with one attached hydrogen (secondary N) is 2. The van der Waals surface area contributed by atoms with Crippen LogP contribution in [0.5, 0.6) is 5.75 Å². The molecule has 0 aliphatic rings. The third kappa shape index (κ3) is 9.92. The highest BCUT2D eigenvalue weighted by atomic mass is 16.5. The van der Waals surface area contributed by atoms with Crippen molar-refractivity contribution in [1.82, 2.24) is 10.6 Å². The van der Waals surface area contributed by atoms with Crippen LogP contribution in [0.4, 0.5) is 0 Å². The van der Waals surface area contributed by atoms with Crippen molar-refractivity contribution in [2.45, 2.75) is 46.2 Å². The minimum atomic E-state index is -0.238. The van der Waals surface area contributed by atoms with Crippen LogP contribution in [-0.4, -0.2) is 37.8 Å². The molecule has 5 nitrogen and oxygen atoms in total. The lowest BCUT2D eigenvalue weighted by Crippen LogP contribution is -2.43. The third-order valence-corrected chi connectivity index (χ3v) is 2.98. The summed E-state index contributed by atoms with van der Waals surface area (Å²) < 4.78 is 10.8. The summed E-state index contributed by atoms with van der Waals surface area (Å²) in [6.45, 7) is 11.2. The van der Waals surface area contributed by atoms with Gasteiger partial charge in [0.05, 0.1) is 0 Å². The van der Waals surface area contributed by atoms with E-state index < -0.39 is 0 Å². The van der Waals surface area contributed by atoms with Crippen molar-refractivity contribution < 1.29 is 14.3 Å². The van der Waals surface area contributed by atoms with Gasteiger partial charge in [-0.3, -0.25) is 4.79 Å². The summed E-state index contributed by atoms with van der Waals surface area (Å²) in [4.78, 5) is 11.7. The monoisotopic (exact) mass is 322 g/mol. The SMILES string of the molecule is CCOCCCNCc1ccc(OCC(=O)NC(C)(C)C)cc1. The second kappa shape index (κ2) is 10.2. The molecule has 1 aromatic carbocycles. The number of ether oxygens (including phenoxy) is 2. The molecule has 1 aromatic rings. The first-order valence-electron chi connectivity index (χ1n) is 8.22. The first kappa shape index (κ1) is 19.5. The van der Waals surface area contributed by atoms with Gasteiger partial charge < -0.3 is 20.1 Å². The summed E-state index contributed by atoms with van der Waals surface area (Å²) in [5, 5.41) is 6.24. The molecule has 5 heteroatoms. The lowest BCUT2D eigenvalue weighted by Gasteiger charge is -2.20. The molecule has 130 valence electrons. The Morgan fingerprint density at radius 3 is 2.48 bits per heavy atom. The van der Waals surface area contributed by atoms with E-state index in [1.165, 1.54) is 5.56 Å². The van der Waals surface area contributed by atoms with Crippen molar-refractivity contribution in [3.63, 3.8) is 0 Å². The van der Waals surface area contributed by atoms with Crippen molar-refractivity contribution in [2.75, 3.05) is 26.4 Å². The quantitative estimate of drug-likeness (QED) is 0.650. The van der Waals surface area contributed by atoms with Gasteiger partial charge in [-0.1, -0.05) is 12.1 Å². The molecule has 0 saturated carbocycles. The summed E-state index contributed by atoms with van der Waals surface area (Å²) in [5.74, 6) is 0.590. The van der Waals surface area contributed by atoms with Crippen LogP contribution < -0.4 is 15.4 Å². The Morgan fingerprint density at radius 1 is 1.17 bits per heavy atom. The molecule has 0 heterocycles. The first-order chi connectivity index (χ1) is 10.9. The second-order valence-corrected chi connectivity index (χ2v) is 6.46. The minimum absolute atomic E-state index is 0.0340. The van der Waals surface area contributed by atoms with E-state index in [-0.39, 0.29) is 18.1 Å². The molecule has 1 rings (SSSR count). The van der Waals surface area contributed by atoms with E-state index in [4.69, 9.17) is 9.47 Å². The molecule has 0 atom stereocenters. The highest BCUT2D eigenvalue weighted by Crippen LogP contribution is 2.12. The van der Waals surface area contributed by atoms with E-state index in [1.807, 2.05) is 52.0 Å². The number of hydrogen-bond acceptors (Lipinski definition) is 4. The molecule has 0 aromatic heterocycles. The summed E-state index contributed by atoms with van der Waals surface area (Å²) in [7, 11) is 0. The average Bonchev–Trinajstić information content (AvgIpc) is 2.48. The molecular formula is C18H30N2O3. The largest absolute Gasteiger partial charge is 0.484 e. The number of rotatable bonds is 10. The summed E-state index contributed by atoms with van der Waals surface area (Å²) in [5.41, 5.74) is 0.950. The molecule has 0 unspecified atom stereocenters. The number of benzene rings is 1. The van der Waals surface area contributed by atoms with Gasteiger partial charge in [-0.2, -0.15) is 0 Å². The Morgan fingerprint density at radius 2 is 1.87 bits per heavy atom. The summed E-state index contributed by atoms with van der Waals surface area (Å²) in [6.07, 6.45) is 1.01. The predicted octanol–water partition coefficient (Wildman–Crippen LogP) is 2.50. The predicted molar refractivity (Wildman–Crippen MR) is 92.6 cm³/mol. The number of amides is 1.